The molecule has 6 nitrogen and oxygen atoms in total. The molecule has 2 atom stereocenters. The molecule has 1 saturated carbocycles. The molecule has 2 amide bonds. The average molecular weight is 464 g/mol. The maximum absolute atomic E-state index is 13.3. The highest BCUT2D eigenvalue weighted by atomic mass is 19.4. The van der Waals surface area contributed by atoms with Gasteiger partial charge in [-0.05, 0) is 30.7 Å². The van der Waals surface area contributed by atoms with E-state index in [0.29, 0.717) is 24.5 Å². The van der Waals surface area contributed by atoms with Crippen molar-refractivity contribution in [3.05, 3.63) is 53.3 Å². The van der Waals surface area contributed by atoms with E-state index in [4.69, 9.17) is 0 Å². The van der Waals surface area contributed by atoms with Crippen molar-refractivity contribution >= 4 is 17.8 Å². The molecular formula is C19H15F7N4O2. The Morgan fingerprint density at radius 1 is 0.969 bits per heavy atom. The quantitative estimate of drug-likeness (QED) is 0.657. The van der Waals surface area contributed by atoms with Gasteiger partial charge in [-0.2, -0.15) is 26.3 Å². The molecule has 0 saturated heterocycles. The van der Waals surface area contributed by atoms with Crippen LogP contribution in [0.4, 0.5) is 36.7 Å². The molecule has 1 N–H and O–H groups in total. The van der Waals surface area contributed by atoms with Gasteiger partial charge in [0.05, 0.1) is 11.1 Å². The Labute approximate surface area is 176 Å². The number of amides is 2. The minimum absolute atomic E-state index is 0.146. The largest absolute Gasteiger partial charge is 0.419 e. The summed E-state index contributed by atoms with van der Waals surface area (Å²) in [6.45, 7) is -0.796. The van der Waals surface area contributed by atoms with Crippen molar-refractivity contribution in [3.8, 4) is 0 Å². The predicted octanol–water partition coefficient (Wildman–Crippen LogP) is 3.95. The standard InChI is InChI=1S/C19H15F7N4O2/c20-14-5-11(14)8-30(16(32)10-1-3-12(4-2-10)18(21,22)23)9-15(31)29-17-27-6-13(7-28-17)19(24,25)26/h1-4,6-7,11,14H,5,8-9H2,(H,27,28,29,31)/t11-,14-/m0/s1. The number of halogens is 7. The zero-order valence-corrected chi connectivity index (χ0v) is 16.0. The summed E-state index contributed by atoms with van der Waals surface area (Å²) in [6.07, 6.45) is -9.34. The number of anilines is 1. The zero-order chi connectivity index (χ0) is 23.7. The summed E-state index contributed by atoms with van der Waals surface area (Å²) in [5.74, 6) is -2.65. The molecule has 1 aliphatic carbocycles. The van der Waals surface area contributed by atoms with Crippen LogP contribution in [-0.2, 0) is 17.1 Å². The van der Waals surface area contributed by atoms with Crippen LogP contribution in [0.3, 0.4) is 0 Å². The highest BCUT2D eigenvalue weighted by Crippen LogP contribution is 2.35. The molecule has 0 bridgehead atoms. The lowest BCUT2D eigenvalue weighted by Gasteiger charge is -2.22. The Kier molecular flexibility index (Phi) is 6.37. The molecule has 3 rings (SSSR count). The van der Waals surface area contributed by atoms with Crippen molar-refractivity contribution in [1.82, 2.24) is 14.9 Å². The van der Waals surface area contributed by atoms with E-state index in [1.807, 2.05) is 0 Å². The molecule has 1 aromatic carbocycles. The lowest BCUT2D eigenvalue weighted by atomic mass is 10.1. The maximum atomic E-state index is 13.3. The second-order valence-corrected chi connectivity index (χ2v) is 7.11. The van der Waals surface area contributed by atoms with E-state index in [1.165, 1.54) is 0 Å². The molecular weight excluding hydrogens is 449 g/mol. The molecule has 0 aliphatic heterocycles. The van der Waals surface area contributed by atoms with Crippen LogP contribution in [0.15, 0.2) is 36.7 Å². The van der Waals surface area contributed by atoms with Crippen molar-refractivity contribution in [2.24, 2.45) is 5.92 Å². The van der Waals surface area contributed by atoms with Gasteiger partial charge in [-0.25, -0.2) is 14.4 Å². The van der Waals surface area contributed by atoms with Gasteiger partial charge in [0.1, 0.15) is 12.7 Å². The van der Waals surface area contributed by atoms with Gasteiger partial charge >= 0.3 is 12.4 Å². The molecule has 32 heavy (non-hydrogen) atoms. The predicted molar refractivity (Wildman–Crippen MR) is 96.0 cm³/mol. The lowest BCUT2D eigenvalue weighted by Crippen LogP contribution is -2.39. The van der Waals surface area contributed by atoms with Crippen LogP contribution in [0, 0.1) is 5.92 Å². The number of hydrogen-bond acceptors (Lipinski definition) is 4. The first-order valence-electron chi connectivity index (χ1n) is 9.14. The van der Waals surface area contributed by atoms with Crippen LogP contribution in [-0.4, -0.2) is 45.9 Å². The van der Waals surface area contributed by atoms with Gasteiger partial charge in [0.15, 0.2) is 0 Å². The molecule has 0 unspecified atom stereocenters. The molecule has 1 heterocycles. The van der Waals surface area contributed by atoms with Gasteiger partial charge in [-0.15, -0.1) is 0 Å². The lowest BCUT2D eigenvalue weighted by molar-refractivity contribution is -0.138. The summed E-state index contributed by atoms with van der Waals surface area (Å²) < 4.78 is 89.1. The van der Waals surface area contributed by atoms with E-state index in [-0.39, 0.29) is 18.5 Å². The number of nitrogens with one attached hydrogen (secondary N) is 1. The normalized spacial score (nSPS) is 18.2. The van der Waals surface area contributed by atoms with E-state index in [0.717, 1.165) is 17.0 Å². The molecule has 0 radical (unpaired) electrons. The summed E-state index contributed by atoms with van der Waals surface area (Å²) in [7, 11) is 0. The molecule has 1 aliphatic rings. The van der Waals surface area contributed by atoms with Crippen LogP contribution in [0.2, 0.25) is 0 Å². The van der Waals surface area contributed by atoms with Crippen molar-refractivity contribution < 1.29 is 40.3 Å². The van der Waals surface area contributed by atoms with Gasteiger partial charge in [-0.3, -0.25) is 14.9 Å². The summed E-state index contributed by atoms with van der Waals surface area (Å²) in [4.78, 5) is 32.7. The Morgan fingerprint density at radius 2 is 1.50 bits per heavy atom. The molecule has 1 aromatic heterocycles. The topological polar surface area (TPSA) is 75.2 Å². The van der Waals surface area contributed by atoms with E-state index in [2.05, 4.69) is 15.3 Å². The molecule has 1 fully saturated rings. The third-order valence-electron chi connectivity index (χ3n) is 4.60. The molecule has 13 heteroatoms. The number of hydrogen-bond donors (Lipinski definition) is 1. The molecule has 172 valence electrons. The second-order valence-electron chi connectivity index (χ2n) is 7.11. The van der Waals surface area contributed by atoms with E-state index >= 15 is 0 Å². The van der Waals surface area contributed by atoms with E-state index < -0.39 is 59.9 Å². The fraction of sp³-hybridized carbons (Fsp3) is 0.368. The zero-order valence-electron chi connectivity index (χ0n) is 16.0. The van der Waals surface area contributed by atoms with Crippen LogP contribution < -0.4 is 5.32 Å². The number of aromatic nitrogens is 2. The first kappa shape index (κ1) is 23.4. The summed E-state index contributed by atoms with van der Waals surface area (Å²) in [5.41, 5.74) is -2.24. The van der Waals surface area contributed by atoms with E-state index in [1.54, 1.807) is 0 Å². The van der Waals surface area contributed by atoms with Crippen LogP contribution in [0.1, 0.15) is 27.9 Å². The van der Waals surface area contributed by atoms with Crippen molar-refractivity contribution in [2.75, 3.05) is 18.4 Å². The Balaban J connectivity index is 1.70. The van der Waals surface area contributed by atoms with Crippen molar-refractivity contribution in [2.45, 2.75) is 24.9 Å². The Morgan fingerprint density at radius 3 is 1.97 bits per heavy atom. The SMILES string of the molecule is O=C(CN(C[C@@H]1C[C@@H]1F)C(=O)c1ccc(C(F)(F)F)cc1)Nc1ncc(C(F)(F)F)cn1. The van der Waals surface area contributed by atoms with Crippen molar-refractivity contribution in [3.63, 3.8) is 0 Å². The number of nitrogens with zero attached hydrogens (tertiary/aromatic N) is 3. The smallest absolute Gasteiger partial charge is 0.329 e. The minimum Gasteiger partial charge on any atom is -0.329 e. The molecule has 2 aromatic rings. The number of carbonyl (C=O) groups is 2. The highest BCUT2D eigenvalue weighted by Gasteiger charge is 2.40. The summed E-state index contributed by atoms with van der Waals surface area (Å²) in [6, 6.07) is 3.29. The minimum atomic E-state index is -4.67. The number of rotatable bonds is 6. The van der Waals surface area contributed by atoms with Crippen LogP contribution in [0.25, 0.3) is 0 Å². The van der Waals surface area contributed by atoms with E-state index in [9.17, 15) is 40.3 Å². The van der Waals surface area contributed by atoms with Crippen molar-refractivity contribution in [1.29, 1.82) is 0 Å². The summed E-state index contributed by atoms with van der Waals surface area (Å²) in [5, 5.41) is 2.13. The number of alkyl halides is 7. The second kappa shape index (κ2) is 8.71. The highest BCUT2D eigenvalue weighted by molar-refractivity contribution is 5.98. The number of carbonyl (C=O) groups excluding carboxylic acids is 2. The fourth-order valence-electron chi connectivity index (χ4n) is 2.76. The third kappa shape index (κ3) is 5.92. The van der Waals surface area contributed by atoms with Gasteiger partial charge in [0.2, 0.25) is 11.9 Å². The fourth-order valence-corrected chi connectivity index (χ4v) is 2.76. The summed E-state index contributed by atoms with van der Waals surface area (Å²) >= 11 is 0. The van der Waals surface area contributed by atoms with Gasteiger partial charge in [-0.1, -0.05) is 0 Å². The van der Waals surface area contributed by atoms with Gasteiger partial charge < -0.3 is 4.90 Å². The Hall–Kier alpha value is -3.25. The first-order valence-corrected chi connectivity index (χ1v) is 9.14. The maximum Gasteiger partial charge on any atom is 0.419 e. The van der Waals surface area contributed by atoms with Crippen LogP contribution in [0.5, 0.6) is 0 Å². The van der Waals surface area contributed by atoms with Crippen LogP contribution >= 0.6 is 0 Å². The first-order chi connectivity index (χ1) is 14.8. The molecule has 0 spiro atoms. The third-order valence-corrected chi connectivity index (χ3v) is 4.60. The Bertz CT molecular complexity index is 975. The van der Waals surface area contributed by atoms with Gasteiger partial charge in [0, 0.05) is 30.4 Å². The monoisotopic (exact) mass is 464 g/mol. The number of benzene rings is 1. The van der Waals surface area contributed by atoms with Gasteiger partial charge in [0.25, 0.3) is 5.91 Å². The average Bonchev–Trinajstić information content (AvgIpc) is 3.40.